The second-order valence-corrected chi connectivity index (χ2v) is 5.29. The maximum atomic E-state index is 12.0. The fraction of sp³-hybridized carbons (Fsp3) is 0.222. The van der Waals surface area contributed by atoms with Gasteiger partial charge in [0.2, 0.25) is 5.91 Å². The maximum absolute atomic E-state index is 12.0. The number of ether oxygens (including phenoxy) is 1. The normalized spacial score (nSPS) is 10.0. The highest BCUT2D eigenvalue weighted by Gasteiger charge is 2.07. The number of nitrogens with one attached hydrogen (secondary N) is 2. The van der Waals surface area contributed by atoms with Crippen LogP contribution in [0.3, 0.4) is 0 Å². The van der Waals surface area contributed by atoms with E-state index in [0.29, 0.717) is 5.56 Å². The Morgan fingerprint density at radius 3 is 2.39 bits per heavy atom. The first-order valence-corrected chi connectivity index (χ1v) is 7.29. The fourth-order valence-electron chi connectivity index (χ4n) is 2.09. The molecule has 0 unspecified atom stereocenters. The van der Waals surface area contributed by atoms with E-state index in [4.69, 9.17) is 0 Å². The van der Waals surface area contributed by atoms with Crippen LogP contribution in [0.15, 0.2) is 42.5 Å². The summed E-state index contributed by atoms with van der Waals surface area (Å²) in [6, 6.07) is 12.7. The van der Waals surface area contributed by atoms with Crippen LogP contribution in [0.1, 0.15) is 21.5 Å². The van der Waals surface area contributed by atoms with Crippen LogP contribution in [0, 0.1) is 13.8 Å². The number of esters is 1. The number of hydrogen-bond donors (Lipinski definition) is 2. The highest BCUT2D eigenvalue weighted by Crippen LogP contribution is 2.16. The zero-order chi connectivity index (χ0) is 16.8. The van der Waals surface area contributed by atoms with Crippen LogP contribution in [0.25, 0.3) is 0 Å². The van der Waals surface area contributed by atoms with Crippen molar-refractivity contribution in [3.63, 3.8) is 0 Å². The summed E-state index contributed by atoms with van der Waals surface area (Å²) in [4.78, 5) is 23.4. The third kappa shape index (κ3) is 4.57. The number of amides is 1. The predicted molar refractivity (Wildman–Crippen MR) is 90.8 cm³/mol. The monoisotopic (exact) mass is 312 g/mol. The van der Waals surface area contributed by atoms with Gasteiger partial charge in [-0.1, -0.05) is 12.1 Å². The Hall–Kier alpha value is -2.82. The van der Waals surface area contributed by atoms with Crippen molar-refractivity contribution in [1.82, 2.24) is 0 Å². The largest absolute Gasteiger partial charge is 0.465 e. The molecular weight excluding hydrogens is 292 g/mol. The summed E-state index contributed by atoms with van der Waals surface area (Å²) in [5, 5.41) is 5.90. The molecule has 120 valence electrons. The van der Waals surface area contributed by atoms with Crippen LogP contribution in [-0.2, 0) is 9.53 Å². The van der Waals surface area contributed by atoms with E-state index in [1.165, 1.54) is 7.11 Å². The predicted octanol–water partition coefficient (Wildman–Crippen LogP) is 3.14. The SMILES string of the molecule is COC(=O)c1ccc(NCC(=O)Nc2cc(C)ccc2C)cc1. The Bertz CT molecular complexity index is 709. The lowest BCUT2D eigenvalue weighted by Gasteiger charge is -2.11. The van der Waals surface area contributed by atoms with Crippen molar-refractivity contribution in [1.29, 1.82) is 0 Å². The number of hydrogen-bond acceptors (Lipinski definition) is 4. The minimum absolute atomic E-state index is 0.129. The highest BCUT2D eigenvalue weighted by molar-refractivity contribution is 5.94. The van der Waals surface area contributed by atoms with Crippen LogP contribution >= 0.6 is 0 Å². The Morgan fingerprint density at radius 1 is 1.04 bits per heavy atom. The molecule has 2 N–H and O–H groups in total. The van der Waals surface area contributed by atoms with Gasteiger partial charge >= 0.3 is 5.97 Å². The van der Waals surface area contributed by atoms with Crippen molar-refractivity contribution >= 4 is 23.3 Å². The number of benzene rings is 2. The summed E-state index contributed by atoms with van der Waals surface area (Å²) in [7, 11) is 1.34. The summed E-state index contributed by atoms with van der Waals surface area (Å²) < 4.78 is 4.64. The van der Waals surface area contributed by atoms with Gasteiger partial charge in [0, 0.05) is 11.4 Å². The van der Waals surface area contributed by atoms with E-state index in [0.717, 1.165) is 22.5 Å². The third-order valence-electron chi connectivity index (χ3n) is 3.43. The summed E-state index contributed by atoms with van der Waals surface area (Å²) in [6.45, 7) is 4.08. The van der Waals surface area contributed by atoms with Gasteiger partial charge < -0.3 is 15.4 Å². The second kappa shape index (κ2) is 7.45. The average Bonchev–Trinajstić information content (AvgIpc) is 2.56. The van der Waals surface area contributed by atoms with Crippen molar-refractivity contribution in [2.24, 2.45) is 0 Å². The van der Waals surface area contributed by atoms with Crippen LogP contribution in [0.4, 0.5) is 11.4 Å². The lowest BCUT2D eigenvalue weighted by atomic mass is 10.1. The molecule has 0 bridgehead atoms. The van der Waals surface area contributed by atoms with Gasteiger partial charge in [-0.15, -0.1) is 0 Å². The first-order valence-electron chi connectivity index (χ1n) is 7.29. The molecule has 0 saturated heterocycles. The first-order chi connectivity index (χ1) is 11.0. The molecule has 0 aliphatic carbocycles. The maximum Gasteiger partial charge on any atom is 0.337 e. The molecule has 2 rings (SSSR count). The van der Waals surface area contributed by atoms with Gasteiger partial charge in [-0.05, 0) is 55.3 Å². The number of carbonyl (C=O) groups is 2. The Kier molecular flexibility index (Phi) is 5.36. The molecule has 0 radical (unpaired) electrons. The van der Waals surface area contributed by atoms with Crippen molar-refractivity contribution in [2.75, 3.05) is 24.3 Å². The van der Waals surface area contributed by atoms with Crippen LogP contribution in [0.5, 0.6) is 0 Å². The first kappa shape index (κ1) is 16.5. The van der Waals surface area contributed by atoms with E-state index in [1.807, 2.05) is 32.0 Å². The molecule has 0 heterocycles. The van der Waals surface area contributed by atoms with Gasteiger partial charge in [0.15, 0.2) is 0 Å². The zero-order valence-corrected chi connectivity index (χ0v) is 13.5. The van der Waals surface area contributed by atoms with E-state index >= 15 is 0 Å². The number of anilines is 2. The molecule has 5 heteroatoms. The molecule has 0 aliphatic heterocycles. The van der Waals surface area contributed by atoms with Gasteiger partial charge in [0.1, 0.15) is 0 Å². The van der Waals surface area contributed by atoms with Crippen molar-refractivity contribution in [2.45, 2.75) is 13.8 Å². The lowest BCUT2D eigenvalue weighted by molar-refractivity contribution is -0.114. The third-order valence-corrected chi connectivity index (χ3v) is 3.43. The smallest absolute Gasteiger partial charge is 0.337 e. The average molecular weight is 312 g/mol. The van der Waals surface area contributed by atoms with E-state index in [2.05, 4.69) is 15.4 Å². The van der Waals surface area contributed by atoms with Crippen LogP contribution < -0.4 is 10.6 Å². The van der Waals surface area contributed by atoms with Gasteiger partial charge in [-0.3, -0.25) is 4.79 Å². The number of aryl methyl sites for hydroxylation is 2. The van der Waals surface area contributed by atoms with E-state index in [-0.39, 0.29) is 18.4 Å². The molecule has 2 aromatic rings. The topological polar surface area (TPSA) is 67.4 Å². The second-order valence-electron chi connectivity index (χ2n) is 5.29. The standard InChI is InChI=1S/C18H20N2O3/c1-12-4-5-13(2)16(10-12)20-17(21)11-19-15-8-6-14(7-9-15)18(22)23-3/h4-10,19H,11H2,1-3H3,(H,20,21). The molecular formula is C18H20N2O3. The number of methoxy groups -OCH3 is 1. The number of carbonyl (C=O) groups excluding carboxylic acids is 2. The van der Waals surface area contributed by atoms with E-state index in [1.54, 1.807) is 24.3 Å². The quantitative estimate of drug-likeness (QED) is 0.832. The molecule has 1 amide bonds. The molecule has 23 heavy (non-hydrogen) atoms. The van der Waals surface area contributed by atoms with Crippen molar-refractivity contribution in [3.05, 3.63) is 59.2 Å². The van der Waals surface area contributed by atoms with E-state index < -0.39 is 0 Å². The minimum Gasteiger partial charge on any atom is -0.465 e. The van der Waals surface area contributed by atoms with Gasteiger partial charge in [0.05, 0.1) is 19.2 Å². The highest BCUT2D eigenvalue weighted by atomic mass is 16.5. The molecule has 2 aromatic carbocycles. The minimum atomic E-state index is -0.385. The lowest BCUT2D eigenvalue weighted by Crippen LogP contribution is -2.22. The molecule has 0 fully saturated rings. The van der Waals surface area contributed by atoms with E-state index in [9.17, 15) is 9.59 Å². The zero-order valence-electron chi connectivity index (χ0n) is 13.5. The van der Waals surface area contributed by atoms with Crippen molar-refractivity contribution < 1.29 is 14.3 Å². The van der Waals surface area contributed by atoms with Crippen molar-refractivity contribution in [3.8, 4) is 0 Å². The van der Waals surface area contributed by atoms with Crippen LogP contribution in [-0.4, -0.2) is 25.5 Å². The summed E-state index contributed by atoms with van der Waals surface area (Å²) in [5.74, 6) is -0.514. The molecule has 0 aliphatic rings. The summed E-state index contributed by atoms with van der Waals surface area (Å²) >= 11 is 0. The Balaban J connectivity index is 1.91. The molecule has 0 aromatic heterocycles. The number of rotatable bonds is 5. The molecule has 5 nitrogen and oxygen atoms in total. The van der Waals surface area contributed by atoms with Gasteiger partial charge in [0.25, 0.3) is 0 Å². The Morgan fingerprint density at radius 2 is 1.74 bits per heavy atom. The summed E-state index contributed by atoms with van der Waals surface area (Å²) in [6.07, 6.45) is 0. The van der Waals surface area contributed by atoms with Gasteiger partial charge in [-0.2, -0.15) is 0 Å². The van der Waals surface area contributed by atoms with Crippen LogP contribution in [0.2, 0.25) is 0 Å². The summed E-state index contributed by atoms with van der Waals surface area (Å²) in [5.41, 5.74) is 4.16. The molecule has 0 saturated carbocycles. The van der Waals surface area contributed by atoms with Gasteiger partial charge in [-0.25, -0.2) is 4.79 Å². The fourth-order valence-corrected chi connectivity index (χ4v) is 2.09. The Labute approximate surface area is 135 Å². The molecule has 0 atom stereocenters. The molecule has 0 spiro atoms.